The molecule has 2 atom stereocenters. The number of aliphatic carboxylic acids is 1. The van der Waals surface area contributed by atoms with E-state index in [2.05, 4.69) is 30.3 Å². The van der Waals surface area contributed by atoms with Crippen LogP contribution in [0.5, 0.6) is 0 Å². The van der Waals surface area contributed by atoms with Crippen LogP contribution in [-0.4, -0.2) is 16.3 Å². The fourth-order valence-corrected chi connectivity index (χ4v) is 2.85. The first-order valence-electron chi connectivity index (χ1n) is 5.96. The molecular formula is C15H16O2S. The molecule has 0 spiro atoms. The van der Waals surface area contributed by atoms with E-state index in [-0.39, 0.29) is 11.2 Å². The molecule has 2 aromatic rings. The second-order valence-corrected chi connectivity index (χ2v) is 5.91. The molecule has 2 rings (SSSR count). The third kappa shape index (κ3) is 2.85. The summed E-state index contributed by atoms with van der Waals surface area (Å²) < 4.78 is 0. The normalized spacial score (nSPS) is 14.3. The lowest BCUT2D eigenvalue weighted by Crippen LogP contribution is -2.19. The number of carboxylic acid groups (broad SMARTS) is 1. The van der Waals surface area contributed by atoms with Crippen molar-refractivity contribution in [2.75, 3.05) is 0 Å². The van der Waals surface area contributed by atoms with Crippen LogP contribution >= 0.6 is 11.8 Å². The van der Waals surface area contributed by atoms with E-state index in [0.717, 1.165) is 4.90 Å². The van der Waals surface area contributed by atoms with Crippen molar-refractivity contribution >= 4 is 28.5 Å². The Morgan fingerprint density at radius 1 is 1.11 bits per heavy atom. The van der Waals surface area contributed by atoms with E-state index >= 15 is 0 Å². The van der Waals surface area contributed by atoms with Crippen LogP contribution in [0.15, 0.2) is 47.4 Å². The maximum absolute atomic E-state index is 10.9. The quantitative estimate of drug-likeness (QED) is 0.843. The third-order valence-corrected chi connectivity index (χ3v) is 4.44. The minimum Gasteiger partial charge on any atom is -0.481 e. The minimum absolute atomic E-state index is 0.0589. The van der Waals surface area contributed by atoms with Gasteiger partial charge in [-0.15, -0.1) is 11.8 Å². The molecule has 0 saturated heterocycles. The summed E-state index contributed by atoms with van der Waals surface area (Å²) in [6, 6.07) is 14.4. The highest BCUT2D eigenvalue weighted by molar-refractivity contribution is 8.00. The second-order valence-electron chi connectivity index (χ2n) is 4.46. The van der Waals surface area contributed by atoms with Crippen molar-refractivity contribution in [2.24, 2.45) is 5.92 Å². The predicted octanol–water partition coefficient (Wildman–Crippen LogP) is 4.04. The van der Waals surface area contributed by atoms with Crippen molar-refractivity contribution in [3.8, 4) is 0 Å². The Hall–Kier alpha value is -1.48. The average molecular weight is 260 g/mol. The number of fused-ring (bicyclic) bond motifs is 1. The lowest BCUT2D eigenvalue weighted by atomic mass is 10.1. The van der Waals surface area contributed by atoms with Crippen LogP contribution in [0.2, 0.25) is 0 Å². The van der Waals surface area contributed by atoms with E-state index in [1.54, 1.807) is 18.7 Å². The molecule has 0 aliphatic rings. The predicted molar refractivity (Wildman–Crippen MR) is 76.1 cm³/mol. The van der Waals surface area contributed by atoms with Gasteiger partial charge in [-0.1, -0.05) is 44.2 Å². The number of hydrogen-bond acceptors (Lipinski definition) is 2. The first-order valence-corrected chi connectivity index (χ1v) is 6.84. The van der Waals surface area contributed by atoms with E-state index in [1.165, 1.54) is 10.8 Å². The molecule has 3 heteroatoms. The topological polar surface area (TPSA) is 37.3 Å². The second kappa shape index (κ2) is 5.44. The van der Waals surface area contributed by atoms with Gasteiger partial charge in [-0.2, -0.15) is 0 Å². The molecule has 0 saturated carbocycles. The van der Waals surface area contributed by atoms with Crippen molar-refractivity contribution in [3.63, 3.8) is 0 Å². The molecule has 0 aliphatic carbocycles. The average Bonchev–Trinajstić information content (AvgIpc) is 2.37. The number of hydrogen-bond donors (Lipinski definition) is 1. The van der Waals surface area contributed by atoms with E-state index < -0.39 is 5.97 Å². The number of rotatable bonds is 4. The van der Waals surface area contributed by atoms with E-state index in [1.807, 2.05) is 19.1 Å². The summed E-state index contributed by atoms with van der Waals surface area (Å²) in [4.78, 5) is 12.0. The van der Waals surface area contributed by atoms with Gasteiger partial charge >= 0.3 is 5.97 Å². The summed E-state index contributed by atoms with van der Waals surface area (Å²) in [7, 11) is 0. The van der Waals surface area contributed by atoms with Crippen molar-refractivity contribution in [3.05, 3.63) is 42.5 Å². The van der Waals surface area contributed by atoms with Gasteiger partial charge in [0.1, 0.15) is 0 Å². The number of carbonyl (C=O) groups is 1. The minimum atomic E-state index is -0.740. The van der Waals surface area contributed by atoms with Crippen molar-refractivity contribution in [1.29, 1.82) is 0 Å². The maximum atomic E-state index is 10.9. The lowest BCUT2D eigenvalue weighted by molar-refractivity contribution is -0.140. The van der Waals surface area contributed by atoms with Gasteiger partial charge in [0.05, 0.1) is 5.92 Å². The Morgan fingerprint density at radius 3 is 2.44 bits per heavy atom. The Morgan fingerprint density at radius 2 is 1.78 bits per heavy atom. The Kier molecular flexibility index (Phi) is 3.92. The largest absolute Gasteiger partial charge is 0.481 e. The first-order chi connectivity index (χ1) is 8.58. The highest BCUT2D eigenvalue weighted by atomic mass is 32.2. The molecule has 2 unspecified atom stereocenters. The van der Waals surface area contributed by atoms with Crippen LogP contribution in [0.4, 0.5) is 0 Å². The van der Waals surface area contributed by atoms with Gasteiger partial charge in [0.25, 0.3) is 0 Å². The molecule has 2 aromatic carbocycles. The number of carboxylic acids is 1. The fraction of sp³-hybridized carbons (Fsp3) is 0.267. The highest BCUT2D eigenvalue weighted by Crippen LogP contribution is 2.30. The molecule has 0 aliphatic heterocycles. The summed E-state index contributed by atoms with van der Waals surface area (Å²) in [6.45, 7) is 3.71. The first kappa shape index (κ1) is 13.0. The zero-order valence-corrected chi connectivity index (χ0v) is 11.3. The summed E-state index contributed by atoms with van der Waals surface area (Å²) in [5, 5.41) is 11.4. The molecule has 0 heterocycles. The van der Waals surface area contributed by atoms with Crippen LogP contribution in [0, 0.1) is 5.92 Å². The van der Waals surface area contributed by atoms with Crippen LogP contribution in [0.25, 0.3) is 10.8 Å². The monoisotopic (exact) mass is 260 g/mol. The zero-order valence-electron chi connectivity index (χ0n) is 10.5. The molecule has 0 bridgehead atoms. The van der Waals surface area contributed by atoms with Gasteiger partial charge in [0.15, 0.2) is 0 Å². The van der Waals surface area contributed by atoms with Gasteiger partial charge in [0, 0.05) is 10.1 Å². The third-order valence-electron chi connectivity index (χ3n) is 3.14. The van der Waals surface area contributed by atoms with Gasteiger partial charge in [0.2, 0.25) is 0 Å². The fourth-order valence-electron chi connectivity index (χ4n) is 1.76. The summed E-state index contributed by atoms with van der Waals surface area (Å²) in [6.07, 6.45) is 0. The summed E-state index contributed by atoms with van der Waals surface area (Å²) in [5.41, 5.74) is 0. The van der Waals surface area contributed by atoms with Gasteiger partial charge in [-0.05, 0) is 22.9 Å². The Balaban J connectivity index is 2.19. The van der Waals surface area contributed by atoms with E-state index in [9.17, 15) is 4.79 Å². The van der Waals surface area contributed by atoms with E-state index in [0.29, 0.717) is 0 Å². The molecule has 0 radical (unpaired) electrons. The lowest BCUT2D eigenvalue weighted by Gasteiger charge is -2.15. The van der Waals surface area contributed by atoms with Crippen molar-refractivity contribution < 1.29 is 9.90 Å². The van der Waals surface area contributed by atoms with Crippen molar-refractivity contribution in [2.45, 2.75) is 24.0 Å². The Bertz CT molecular complexity index is 565. The smallest absolute Gasteiger partial charge is 0.307 e. The maximum Gasteiger partial charge on any atom is 0.307 e. The summed E-state index contributed by atoms with van der Waals surface area (Å²) in [5.74, 6) is -1.09. The number of thioether (sulfide) groups is 1. The molecule has 94 valence electrons. The zero-order chi connectivity index (χ0) is 13.1. The molecule has 0 aromatic heterocycles. The molecule has 0 fully saturated rings. The van der Waals surface area contributed by atoms with Crippen LogP contribution < -0.4 is 0 Å². The molecule has 2 nitrogen and oxygen atoms in total. The van der Waals surface area contributed by atoms with Crippen LogP contribution in [-0.2, 0) is 4.79 Å². The SMILES string of the molecule is CC(Sc1ccc2ccccc2c1)C(C)C(=O)O. The Labute approximate surface area is 111 Å². The van der Waals surface area contributed by atoms with Gasteiger partial charge in [-0.25, -0.2) is 0 Å². The highest BCUT2D eigenvalue weighted by Gasteiger charge is 2.20. The molecule has 1 N–H and O–H groups in total. The van der Waals surface area contributed by atoms with Crippen LogP contribution in [0.1, 0.15) is 13.8 Å². The molecule has 18 heavy (non-hydrogen) atoms. The standard InChI is InChI=1S/C15H16O2S/c1-10(15(16)17)11(2)18-14-8-7-12-5-3-4-6-13(12)9-14/h3-11H,1-2H3,(H,16,17). The summed E-state index contributed by atoms with van der Waals surface area (Å²) >= 11 is 1.61. The number of benzene rings is 2. The van der Waals surface area contributed by atoms with Gasteiger partial charge in [-0.3, -0.25) is 4.79 Å². The molecular weight excluding hydrogens is 244 g/mol. The van der Waals surface area contributed by atoms with E-state index in [4.69, 9.17) is 5.11 Å². The molecule has 0 amide bonds. The van der Waals surface area contributed by atoms with Crippen LogP contribution in [0.3, 0.4) is 0 Å². The van der Waals surface area contributed by atoms with Crippen molar-refractivity contribution in [1.82, 2.24) is 0 Å². The van der Waals surface area contributed by atoms with Gasteiger partial charge < -0.3 is 5.11 Å².